The van der Waals surface area contributed by atoms with Gasteiger partial charge in [-0.1, -0.05) is 25.1 Å². The molecule has 8 heteroatoms. The molecule has 3 aromatic rings. The first kappa shape index (κ1) is 20.0. The highest BCUT2D eigenvalue weighted by Gasteiger charge is 2.30. The molecule has 0 saturated carbocycles. The molecular weight excluding hydrogens is 382 g/mol. The van der Waals surface area contributed by atoms with Crippen LogP contribution in [0.3, 0.4) is 0 Å². The Bertz CT molecular complexity index is 1040. The molecule has 0 atom stereocenters. The summed E-state index contributed by atoms with van der Waals surface area (Å²) in [5.74, 6) is 1.94. The summed E-state index contributed by atoms with van der Waals surface area (Å²) in [6.45, 7) is 8.18. The summed E-state index contributed by atoms with van der Waals surface area (Å²) in [6.07, 6.45) is 1.84. The van der Waals surface area contributed by atoms with E-state index in [-0.39, 0.29) is 12.0 Å². The fraction of sp³-hybridized carbons (Fsp3) is 0.364. The molecule has 1 aliphatic rings. The molecule has 0 unspecified atom stereocenters. The maximum absolute atomic E-state index is 11.4. The van der Waals surface area contributed by atoms with E-state index >= 15 is 0 Å². The van der Waals surface area contributed by atoms with Crippen LogP contribution in [0.4, 0.5) is 0 Å². The summed E-state index contributed by atoms with van der Waals surface area (Å²) >= 11 is 0. The van der Waals surface area contributed by atoms with Crippen LogP contribution in [0.2, 0.25) is 0 Å². The molecule has 0 spiro atoms. The molecule has 0 bridgehead atoms. The van der Waals surface area contributed by atoms with Crippen LogP contribution in [-0.2, 0) is 6.54 Å². The lowest BCUT2D eigenvalue weighted by Crippen LogP contribution is -2.53. The van der Waals surface area contributed by atoms with Gasteiger partial charge in [0.25, 0.3) is 0 Å². The average Bonchev–Trinajstić information content (AvgIpc) is 3.15. The van der Waals surface area contributed by atoms with Crippen molar-refractivity contribution in [1.29, 1.82) is 0 Å². The van der Waals surface area contributed by atoms with E-state index in [1.54, 1.807) is 12.3 Å². The SMILES string of the molecule is Cc1cc(-c2ccc(OC3CN(Cc4nc(C(C)C)no4)C3)cn2)ccc1C(N)=O. The number of hydrogen-bond acceptors (Lipinski definition) is 7. The molecule has 4 rings (SSSR count). The average molecular weight is 407 g/mol. The second-order valence-corrected chi connectivity index (χ2v) is 7.91. The number of pyridine rings is 1. The highest BCUT2D eigenvalue weighted by atomic mass is 16.5. The van der Waals surface area contributed by atoms with E-state index in [9.17, 15) is 4.79 Å². The Morgan fingerprint density at radius 3 is 2.70 bits per heavy atom. The van der Waals surface area contributed by atoms with E-state index in [2.05, 4.69) is 20.0 Å². The van der Waals surface area contributed by atoms with E-state index in [0.29, 0.717) is 18.0 Å². The third kappa shape index (κ3) is 4.33. The smallest absolute Gasteiger partial charge is 0.248 e. The molecule has 3 heterocycles. The third-order valence-corrected chi connectivity index (χ3v) is 5.11. The number of rotatable bonds is 7. The summed E-state index contributed by atoms with van der Waals surface area (Å²) in [5, 5.41) is 3.99. The lowest BCUT2D eigenvalue weighted by Gasteiger charge is -2.37. The number of carbonyl (C=O) groups excluding carboxylic acids is 1. The Kier molecular flexibility index (Phi) is 5.50. The van der Waals surface area contributed by atoms with Gasteiger partial charge in [0.15, 0.2) is 5.82 Å². The van der Waals surface area contributed by atoms with Gasteiger partial charge in [-0.25, -0.2) is 0 Å². The molecule has 2 aromatic heterocycles. The van der Waals surface area contributed by atoms with Gasteiger partial charge in [0.05, 0.1) is 18.4 Å². The van der Waals surface area contributed by atoms with Crippen molar-refractivity contribution in [2.45, 2.75) is 39.3 Å². The van der Waals surface area contributed by atoms with Crippen LogP contribution in [0, 0.1) is 6.92 Å². The fourth-order valence-corrected chi connectivity index (χ4v) is 3.40. The topological polar surface area (TPSA) is 107 Å². The van der Waals surface area contributed by atoms with Crippen LogP contribution < -0.4 is 10.5 Å². The van der Waals surface area contributed by atoms with Gasteiger partial charge < -0.3 is 15.0 Å². The second-order valence-electron chi connectivity index (χ2n) is 7.91. The lowest BCUT2D eigenvalue weighted by atomic mass is 10.0. The van der Waals surface area contributed by atoms with Gasteiger partial charge in [-0.05, 0) is 36.8 Å². The minimum atomic E-state index is -0.426. The Morgan fingerprint density at radius 2 is 2.10 bits per heavy atom. The monoisotopic (exact) mass is 407 g/mol. The number of amides is 1. The molecule has 0 aliphatic carbocycles. The largest absolute Gasteiger partial charge is 0.486 e. The lowest BCUT2D eigenvalue weighted by molar-refractivity contribution is 0.00844. The number of aromatic nitrogens is 3. The fourth-order valence-electron chi connectivity index (χ4n) is 3.40. The molecule has 2 N–H and O–H groups in total. The molecule has 1 fully saturated rings. The van der Waals surface area contributed by atoms with Gasteiger partial charge in [-0.15, -0.1) is 0 Å². The molecule has 8 nitrogen and oxygen atoms in total. The molecule has 156 valence electrons. The molecule has 30 heavy (non-hydrogen) atoms. The predicted octanol–water partition coefficient (Wildman–Crippen LogP) is 2.93. The van der Waals surface area contributed by atoms with Crippen molar-refractivity contribution < 1.29 is 14.1 Å². The molecular formula is C22H25N5O3. The van der Waals surface area contributed by atoms with Gasteiger partial charge in [-0.2, -0.15) is 4.98 Å². The highest BCUT2D eigenvalue weighted by molar-refractivity contribution is 5.94. The number of nitrogens with two attached hydrogens (primary N) is 1. The number of ether oxygens (including phenoxy) is 1. The third-order valence-electron chi connectivity index (χ3n) is 5.11. The number of primary amides is 1. The van der Waals surface area contributed by atoms with Crippen molar-refractivity contribution >= 4 is 5.91 Å². The van der Waals surface area contributed by atoms with Crippen molar-refractivity contribution in [3.8, 4) is 17.0 Å². The van der Waals surface area contributed by atoms with Gasteiger partial charge in [0, 0.05) is 30.1 Å². The minimum absolute atomic E-state index is 0.113. The normalized spacial score (nSPS) is 14.7. The van der Waals surface area contributed by atoms with E-state index < -0.39 is 5.91 Å². The van der Waals surface area contributed by atoms with Crippen molar-refractivity contribution in [3.05, 3.63) is 59.4 Å². The van der Waals surface area contributed by atoms with Crippen LogP contribution in [0.1, 0.15) is 47.4 Å². The Labute approximate surface area is 175 Å². The molecule has 1 aliphatic heterocycles. The number of likely N-dealkylation sites (tertiary alicyclic amines) is 1. The zero-order chi connectivity index (χ0) is 21.3. The quantitative estimate of drug-likeness (QED) is 0.641. The van der Waals surface area contributed by atoms with Gasteiger partial charge in [-0.3, -0.25) is 14.7 Å². The molecule has 1 aromatic carbocycles. The van der Waals surface area contributed by atoms with Crippen LogP contribution >= 0.6 is 0 Å². The van der Waals surface area contributed by atoms with Crippen molar-refractivity contribution in [1.82, 2.24) is 20.0 Å². The standard InChI is InChI=1S/C22H25N5O3/c1-13(2)22-25-20(30-26-22)12-27-10-17(11-27)29-16-5-7-19(24-9-16)15-4-6-18(21(23)28)14(3)8-15/h4-9,13,17H,10-12H2,1-3H3,(H2,23,28). The maximum atomic E-state index is 11.4. The maximum Gasteiger partial charge on any atom is 0.248 e. The van der Waals surface area contributed by atoms with Crippen molar-refractivity contribution in [2.75, 3.05) is 13.1 Å². The number of carbonyl (C=O) groups is 1. The number of nitrogens with zero attached hydrogens (tertiary/aromatic N) is 4. The van der Waals surface area contributed by atoms with Crippen LogP contribution in [0.25, 0.3) is 11.3 Å². The van der Waals surface area contributed by atoms with Crippen LogP contribution in [0.15, 0.2) is 41.1 Å². The first-order valence-corrected chi connectivity index (χ1v) is 9.97. The van der Waals surface area contributed by atoms with E-state index in [0.717, 1.165) is 41.5 Å². The first-order chi connectivity index (χ1) is 14.4. The second kappa shape index (κ2) is 8.23. The molecule has 1 amide bonds. The Morgan fingerprint density at radius 1 is 1.30 bits per heavy atom. The van der Waals surface area contributed by atoms with Crippen LogP contribution in [-0.4, -0.2) is 45.1 Å². The Balaban J connectivity index is 1.30. The van der Waals surface area contributed by atoms with E-state index in [1.165, 1.54) is 0 Å². The van der Waals surface area contributed by atoms with Gasteiger partial charge in [0.2, 0.25) is 11.8 Å². The summed E-state index contributed by atoms with van der Waals surface area (Å²) in [6, 6.07) is 9.32. The molecule has 1 saturated heterocycles. The summed E-state index contributed by atoms with van der Waals surface area (Å²) < 4.78 is 11.3. The predicted molar refractivity (Wildman–Crippen MR) is 111 cm³/mol. The zero-order valence-corrected chi connectivity index (χ0v) is 17.3. The van der Waals surface area contributed by atoms with Gasteiger partial charge >= 0.3 is 0 Å². The molecule has 0 radical (unpaired) electrons. The van der Waals surface area contributed by atoms with Gasteiger partial charge in [0.1, 0.15) is 11.9 Å². The Hall–Kier alpha value is -3.26. The minimum Gasteiger partial charge on any atom is -0.486 e. The first-order valence-electron chi connectivity index (χ1n) is 9.97. The number of aryl methyl sites for hydroxylation is 1. The number of benzene rings is 1. The summed E-state index contributed by atoms with van der Waals surface area (Å²) in [4.78, 5) is 22.5. The van der Waals surface area contributed by atoms with E-state index in [4.69, 9.17) is 15.0 Å². The number of hydrogen-bond donors (Lipinski definition) is 1. The summed E-state index contributed by atoms with van der Waals surface area (Å²) in [7, 11) is 0. The zero-order valence-electron chi connectivity index (χ0n) is 17.3. The summed E-state index contributed by atoms with van der Waals surface area (Å²) in [5.41, 5.74) is 8.47. The van der Waals surface area contributed by atoms with Crippen molar-refractivity contribution in [2.24, 2.45) is 5.73 Å². The van der Waals surface area contributed by atoms with E-state index in [1.807, 2.05) is 45.0 Å². The highest BCUT2D eigenvalue weighted by Crippen LogP contribution is 2.24. The van der Waals surface area contributed by atoms with Crippen molar-refractivity contribution in [3.63, 3.8) is 0 Å². The van der Waals surface area contributed by atoms with Crippen LogP contribution in [0.5, 0.6) is 5.75 Å².